The average Bonchev–Trinajstić information content (AvgIpc) is 3.12. The zero-order chi connectivity index (χ0) is 21.1. The van der Waals surface area contributed by atoms with Crippen molar-refractivity contribution >= 4 is 17.2 Å². The SMILES string of the molecule is COC(=O)CCCC1=c2cc(-c3ccc(N)cc3)ccc2=NC1c1ccc(F)cc1. The first-order chi connectivity index (χ1) is 14.5. The van der Waals surface area contributed by atoms with Crippen LogP contribution >= 0.6 is 0 Å². The van der Waals surface area contributed by atoms with E-state index in [9.17, 15) is 9.18 Å². The molecule has 0 spiro atoms. The van der Waals surface area contributed by atoms with Crippen molar-refractivity contribution in [1.82, 2.24) is 0 Å². The summed E-state index contributed by atoms with van der Waals surface area (Å²) in [5, 5.41) is 1.99. The van der Waals surface area contributed by atoms with Gasteiger partial charge in [-0.3, -0.25) is 9.79 Å². The number of benzene rings is 3. The minimum absolute atomic E-state index is 0.181. The van der Waals surface area contributed by atoms with E-state index >= 15 is 0 Å². The standard InChI is InChI=1S/C25H23FN2O2/c1-30-24(29)4-2-3-21-22-15-18(16-7-12-20(27)13-8-16)9-14-23(22)28-25(21)17-5-10-19(26)11-6-17/h5-15,25H,2-4,27H2,1H3. The maximum absolute atomic E-state index is 13.4. The molecule has 152 valence electrons. The summed E-state index contributed by atoms with van der Waals surface area (Å²) in [5.41, 5.74) is 10.8. The lowest BCUT2D eigenvalue weighted by Crippen LogP contribution is -2.23. The van der Waals surface area contributed by atoms with Crippen molar-refractivity contribution in [1.29, 1.82) is 0 Å². The van der Waals surface area contributed by atoms with Gasteiger partial charge in [0, 0.05) is 17.3 Å². The Balaban J connectivity index is 1.76. The molecule has 0 amide bonds. The van der Waals surface area contributed by atoms with Crippen LogP contribution in [-0.2, 0) is 9.53 Å². The van der Waals surface area contributed by atoms with Crippen molar-refractivity contribution in [2.75, 3.05) is 12.8 Å². The second kappa shape index (κ2) is 8.49. The highest BCUT2D eigenvalue weighted by molar-refractivity contribution is 5.70. The van der Waals surface area contributed by atoms with E-state index in [1.54, 1.807) is 12.1 Å². The molecule has 4 nitrogen and oxygen atoms in total. The van der Waals surface area contributed by atoms with Gasteiger partial charge in [-0.1, -0.05) is 30.3 Å². The van der Waals surface area contributed by atoms with Gasteiger partial charge < -0.3 is 10.5 Å². The third-order valence-electron chi connectivity index (χ3n) is 5.43. The quantitative estimate of drug-likeness (QED) is 0.502. The molecule has 0 aliphatic carbocycles. The van der Waals surface area contributed by atoms with Gasteiger partial charge in [0.25, 0.3) is 0 Å². The van der Waals surface area contributed by atoms with Gasteiger partial charge in [0.05, 0.1) is 18.5 Å². The van der Waals surface area contributed by atoms with E-state index in [4.69, 9.17) is 15.5 Å². The van der Waals surface area contributed by atoms with Gasteiger partial charge in [0.15, 0.2) is 0 Å². The fourth-order valence-electron chi connectivity index (χ4n) is 3.84. The van der Waals surface area contributed by atoms with Crippen molar-refractivity contribution in [2.45, 2.75) is 25.3 Å². The molecule has 1 heterocycles. The van der Waals surface area contributed by atoms with Crippen LogP contribution in [0.3, 0.4) is 0 Å². The lowest BCUT2D eigenvalue weighted by molar-refractivity contribution is -0.140. The molecule has 2 N–H and O–H groups in total. The number of ether oxygens (including phenoxy) is 1. The van der Waals surface area contributed by atoms with E-state index in [2.05, 4.69) is 6.07 Å². The topological polar surface area (TPSA) is 64.7 Å². The fraction of sp³-hybridized carbons (Fsp3) is 0.200. The van der Waals surface area contributed by atoms with Crippen LogP contribution in [0.1, 0.15) is 30.9 Å². The molecule has 30 heavy (non-hydrogen) atoms. The number of esters is 1. The highest BCUT2D eigenvalue weighted by Gasteiger charge is 2.22. The molecule has 4 rings (SSSR count). The van der Waals surface area contributed by atoms with E-state index in [1.165, 1.54) is 19.2 Å². The maximum atomic E-state index is 13.4. The first-order valence-corrected chi connectivity index (χ1v) is 9.94. The van der Waals surface area contributed by atoms with Crippen LogP contribution in [0.2, 0.25) is 0 Å². The molecule has 0 saturated carbocycles. The van der Waals surface area contributed by atoms with E-state index in [1.807, 2.05) is 36.4 Å². The van der Waals surface area contributed by atoms with Crippen molar-refractivity contribution < 1.29 is 13.9 Å². The number of fused-ring (bicyclic) bond motifs is 1. The summed E-state index contributed by atoms with van der Waals surface area (Å²) in [7, 11) is 1.40. The van der Waals surface area contributed by atoms with Crippen molar-refractivity contribution in [3.8, 4) is 11.1 Å². The summed E-state index contributed by atoms with van der Waals surface area (Å²) in [6.07, 6.45) is 1.72. The van der Waals surface area contributed by atoms with Gasteiger partial charge in [0.1, 0.15) is 5.82 Å². The van der Waals surface area contributed by atoms with Crippen LogP contribution in [0.4, 0.5) is 10.1 Å². The molecule has 0 saturated heterocycles. The largest absolute Gasteiger partial charge is 0.469 e. The minimum atomic E-state index is -0.271. The molecule has 1 aliphatic heterocycles. The van der Waals surface area contributed by atoms with Crippen LogP contribution in [0.5, 0.6) is 0 Å². The summed E-state index contributed by atoms with van der Waals surface area (Å²) in [6.45, 7) is 0. The highest BCUT2D eigenvalue weighted by Crippen LogP contribution is 2.32. The van der Waals surface area contributed by atoms with Gasteiger partial charge in [0.2, 0.25) is 0 Å². The Morgan fingerprint density at radius 1 is 1.03 bits per heavy atom. The fourth-order valence-corrected chi connectivity index (χ4v) is 3.84. The first kappa shape index (κ1) is 19.8. The van der Waals surface area contributed by atoms with Gasteiger partial charge in [-0.25, -0.2) is 4.39 Å². The highest BCUT2D eigenvalue weighted by atomic mass is 19.1. The Bertz CT molecular complexity index is 1190. The van der Waals surface area contributed by atoms with E-state index < -0.39 is 0 Å². The van der Waals surface area contributed by atoms with E-state index in [0.29, 0.717) is 19.3 Å². The van der Waals surface area contributed by atoms with Crippen molar-refractivity contribution in [3.63, 3.8) is 0 Å². The van der Waals surface area contributed by atoms with E-state index in [0.717, 1.165) is 38.5 Å². The third kappa shape index (κ3) is 4.10. The molecule has 0 radical (unpaired) electrons. The maximum Gasteiger partial charge on any atom is 0.305 e. The summed E-state index contributed by atoms with van der Waals surface area (Å²) in [4.78, 5) is 16.5. The molecule has 3 aromatic rings. The van der Waals surface area contributed by atoms with Gasteiger partial charge in [-0.15, -0.1) is 0 Å². The summed E-state index contributed by atoms with van der Waals surface area (Å²) in [6, 6.07) is 20.3. The Labute approximate surface area is 174 Å². The number of hydrogen-bond donors (Lipinski definition) is 1. The number of nitrogens with zero attached hydrogens (tertiary/aromatic N) is 1. The third-order valence-corrected chi connectivity index (χ3v) is 5.43. The number of halogens is 1. The zero-order valence-corrected chi connectivity index (χ0v) is 16.8. The monoisotopic (exact) mass is 402 g/mol. The van der Waals surface area contributed by atoms with Gasteiger partial charge >= 0.3 is 5.97 Å². The van der Waals surface area contributed by atoms with Crippen LogP contribution < -0.4 is 16.3 Å². The van der Waals surface area contributed by atoms with Crippen LogP contribution in [0, 0.1) is 5.82 Å². The van der Waals surface area contributed by atoms with Gasteiger partial charge in [-0.05, 0) is 71.5 Å². The zero-order valence-electron chi connectivity index (χ0n) is 16.8. The number of nitrogens with two attached hydrogens (primary N) is 1. The number of rotatable bonds is 6. The van der Waals surface area contributed by atoms with Crippen molar-refractivity contribution in [2.24, 2.45) is 4.99 Å². The van der Waals surface area contributed by atoms with Crippen LogP contribution in [-0.4, -0.2) is 13.1 Å². The molecule has 3 aromatic carbocycles. The molecule has 1 aliphatic rings. The molecule has 5 heteroatoms. The Hall–Kier alpha value is -3.47. The molecule has 0 bridgehead atoms. The van der Waals surface area contributed by atoms with E-state index in [-0.39, 0.29) is 17.8 Å². The number of methoxy groups -OCH3 is 1. The number of anilines is 1. The predicted octanol–water partition coefficient (Wildman–Crippen LogP) is 3.94. The molecular formula is C25H23FN2O2. The second-order valence-corrected chi connectivity index (χ2v) is 7.39. The minimum Gasteiger partial charge on any atom is -0.469 e. The number of nitrogen functional groups attached to an aromatic ring is 1. The molecule has 0 aromatic heterocycles. The summed E-state index contributed by atoms with van der Waals surface area (Å²) in [5.74, 6) is -0.494. The Morgan fingerprint density at radius 2 is 1.73 bits per heavy atom. The summed E-state index contributed by atoms with van der Waals surface area (Å²) < 4.78 is 18.2. The number of carbonyl (C=O) groups excluding carboxylic acids is 1. The second-order valence-electron chi connectivity index (χ2n) is 7.39. The predicted molar refractivity (Wildman–Crippen MR) is 115 cm³/mol. The Morgan fingerprint density at radius 3 is 2.43 bits per heavy atom. The lowest BCUT2D eigenvalue weighted by Gasteiger charge is -2.14. The van der Waals surface area contributed by atoms with Crippen molar-refractivity contribution in [3.05, 3.63) is 88.7 Å². The summed E-state index contributed by atoms with van der Waals surface area (Å²) >= 11 is 0. The molecule has 1 unspecified atom stereocenters. The van der Waals surface area contributed by atoms with Crippen LogP contribution in [0.25, 0.3) is 16.7 Å². The average molecular weight is 402 g/mol. The van der Waals surface area contributed by atoms with Crippen LogP contribution in [0.15, 0.2) is 71.7 Å². The normalized spacial score (nSPS) is 14.9. The Kier molecular flexibility index (Phi) is 5.61. The molecular weight excluding hydrogens is 379 g/mol. The number of hydrogen-bond acceptors (Lipinski definition) is 4. The lowest BCUT2D eigenvalue weighted by atomic mass is 9.94. The van der Waals surface area contributed by atoms with Gasteiger partial charge in [-0.2, -0.15) is 0 Å². The molecule has 1 atom stereocenters. The number of carbonyl (C=O) groups is 1. The molecule has 0 fully saturated rings. The smallest absolute Gasteiger partial charge is 0.305 e. The first-order valence-electron chi connectivity index (χ1n) is 9.94.